The predicted molar refractivity (Wildman–Crippen MR) is 127 cm³/mol. The molecule has 4 rings (SSSR count). The summed E-state index contributed by atoms with van der Waals surface area (Å²) in [5.41, 5.74) is 1.32. The predicted octanol–water partition coefficient (Wildman–Crippen LogP) is 4.99. The summed E-state index contributed by atoms with van der Waals surface area (Å²) < 4.78 is 7.10. The molecule has 0 aliphatic heterocycles. The van der Waals surface area contributed by atoms with Crippen molar-refractivity contribution >= 4 is 29.0 Å². The normalized spacial score (nSPS) is 19.7. The molecule has 1 aliphatic carbocycles. The zero-order valence-electron chi connectivity index (χ0n) is 19.5. The summed E-state index contributed by atoms with van der Waals surface area (Å²) in [6, 6.07) is 11.5. The van der Waals surface area contributed by atoms with Crippen LogP contribution in [0.25, 0.3) is 10.9 Å². The molecule has 1 heterocycles. The molecule has 0 unspecified atom stereocenters. The van der Waals surface area contributed by atoms with Crippen LogP contribution >= 0.6 is 0 Å². The maximum atomic E-state index is 13.3. The number of carbonyl (C=O) groups excluding carboxylic acids is 2. The van der Waals surface area contributed by atoms with Gasteiger partial charge in [-0.25, -0.2) is 9.36 Å². The molecule has 3 aromatic rings. The Morgan fingerprint density at radius 3 is 2.34 bits per heavy atom. The van der Waals surface area contributed by atoms with E-state index in [-0.39, 0.29) is 23.5 Å². The quantitative estimate of drug-likeness (QED) is 0.286. The highest BCUT2D eigenvalue weighted by Gasteiger charge is 2.48. The van der Waals surface area contributed by atoms with E-state index < -0.39 is 34.5 Å². The van der Waals surface area contributed by atoms with Crippen LogP contribution in [0, 0.1) is 20.2 Å². The fourth-order valence-electron chi connectivity index (χ4n) is 5.04. The van der Waals surface area contributed by atoms with Crippen molar-refractivity contribution in [1.29, 1.82) is 0 Å². The van der Waals surface area contributed by atoms with Crippen molar-refractivity contribution in [3.8, 4) is 0 Å². The van der Waals surface area contributed by atoms with Gasteiger partial charge in [-0.05, 0) is 38.0 Å². The van der Waals surface area contributed by atoms with Gasteiger partial charge in [0, 0.05) is 41.0 Å². The lowest BCUT2D eigenvalue weighted by Gasteiger charge is -2.33. The SMILES string of the molecule is CC(C)(C)OC(=O)n1c2c(c3ccccc31)[C@H](CC=O)[C@@H]([N+](=O)[O-])[C@H](c1ccc([N+](=O)[O-])cc1)C2. The average molecular weight is 479 g/mol. The lowest BCUT2D eigenvalue weighted by molar-refractivity contribution is -0.532. The van der Waals surface area contributed by atoms with Gasteiger partial charge in [0.1, 0.15) is 11.9 Å². The second-order valence-corrected chi connectivity index (χ2v) is 9.64. The van der Waals surface area contributed by atoms with Crippen LogP contribution in [-0.4, -0.2) is 38.4 Å². The summed E-state index contributed by atoms with van der Waals surface area (Å²) in [7, 11) is 0. The summed E-state index contributed by atoms with van der Waals surface area (Å²) >= 11 is 0. The van der Waals surface area contributed by atoms with Crippen molar-refractivity contribution in [1.82, 2.24) is 4.57 Å². The fraction of sp³-hybridized carbons (Fsp3) is 0.360. The van der Waals surface area contributed by atoms with Crippen LogP contribution in [-0.2, 0) is 16.0 Å². The first-order chi connectivity index (χ1) is 16.5. The van der Waals surface area contributed by atoms with Crippen molar-refractivity contribution in [2.75, 3.05) is 0 Å². The van der Waals surface area contributed by atoms with Gasteiger partial charge in [-0.2, -0.15) is 0 Å². The van der Waals surface area contributed by atoms with Crippen molar-refractivity contribution in [2.45, 2.75) is 57.1 Å². The smallest absolute Gasteiger partial charge is 0.419 e. The number of ether oxygens (including phenoxy) is 1. The van der Waals surface area contributed by atoms with Gasteiger partial charge >= 0.3 is 6.09 Å². The Balaban J connectivity index is 1.96. The van der Waals surface area contributed by atoms with E-state index in [0.717, 1.165) is 0 Å². The first-order valence-corrected chi connectivity index (χ1v) is 11.2. The number of hydrogen-bond donors (Lipinski definition) is 0. The monoisotopic (exact) mass is 479 g/mol. The number of para-hydroxylation sites is 1. The van der Waals surface area contributed by atoms with E-state index in [9.17, 15) is 29.8 Å². The molecular formula is C25H25N3O7. The van der Waals surface area contributed by atoms with Crippen molar-refractivity contribution < 1.29 is 24.2 Å². The first-order valence-electron chi connectivity index (χ1n) is 11.2. The number of rotatable bonds is 5. The number of benzene rings is 2. The number of nitro benzene ring substituents is 1. The Morgan fingerprint density at radius 1 is 1.11 bits per heavy atom. The molecule has 3 atom stereocenters. The van der Waals surface area contributed by atoms with Crippen LogP contribution in [0.1, 0.15) is 55.8 Å². The van der Waals surface area contributed by atoms with Gasteiger partial charge in [-0.1, -0.05) is 30.3 Å². The Bertz CT molecular complexity index is 1320. The lowest BCUT2D eigenvalue weighted by Crippen LogP contribution is -2.40. The van der Waals surface area contributed by atoms with E-state index in [0.29, 0.717) is 34.0 Å². The molecular weight excluding hydrogens is 454 g/mol. The molecule has 10 nitrogen and oxygen atoms in total. The molecule has 2 aromatic carbocycles. The van der Waals surface area contributed by atoms with Crippen molar-refractivity contribution in [2.24, 2.45) is 0 Å². The Kier molecular flexibility index (Phi) is 6.14. The van der Waals surface area contributed by atoms with E-state index in [2.05, 4.69) is 0 Å². The molecule has 35 heavy (non-hydrogen) atoms. The number of aromatic nitrogens is 1. The van der Waals surface area contributed by atoms with Gasteiger partial charge in [0.25, 0.3) is 5.69 Å². The minimum absolute atomic E-state index is 0.107. The molecule has 182 valence electrons. The summed E-state index contributed by atoms with van der Waals surface area (Å²) in [5.74, 6) is -1.51. The van der Waals surface area contributed by atoms with E-state index in [1.165, 1.54) is 28.8 Å². The highest BCUT2D eigenvalue weighted by molar-refractivity contribution is 5.94. The topological polar surface area (TPSA) is 135 Å². The first kappa shape index (κ1) is 24.1. The highest BCUT2D eigenvalue weighted by Crippen LogP contribution is 2.47. The number of nitro groups is 2. The number of nitrogens with zero attached hydrogens (tertiary/aromatic N) is 3. The van der Waals surface area contributed by atoms with Gasteiger partial charge in [-0.3, -0.25) is 20.2 Å². The van der Waals surface area contributed by atoms with Gasteiger partial charge in [-0.15, -0.1) is 0 Å². The minimum Gasteiger partial charge on any atom is -0.443 e. The Hall–Kier alpha value is -4.08. The molecule has 0 spiro atoms. The number of hydrogen-bond acceptors (Lipinski definition) is 7. The summed E-state index contributed by atoms with van der Waals surface area (Å²) in [6.45, 7) is 5.25. The average Bonchev–Trinajstić information content (AvgIpc) is 3.12. The lowest BCUT2D eigenvalue weighted by atomic mass is 9.71. The third-order valence-corrected chi connectivity index (χ3v) is 6.33. The number of aldehydes is 1. The standard InChI is InChI=1S/C25H25N3O7/c1-25(2,3)35-24(30)26-20-7-5-4-6-17(20)22-18(12-13-29)23(28(33)34)19(14-21(22)26)15-8-10-16(11-9-15)27(31)32/h4-11,13,18-19,23H,12,14H2,1-3H3/t18-,19-,23+/m0/s1. The van der Waals surface area contributed by atoms with Crippen LogP contribution in [0.5, 0.6) is 0 Å². The van der Waals surface area contributed by atoms with Crippen LogP contribution < -0.4 is 0 Å². The molecule has 0 radical (unpaired) electrons. The maximum absolute atomic E-state index is 13.3. The molecule has 0 saturated carbocycles. The third-order valence-electron chi connectivity index (χ3n) is 6.33. The van der Waals surface area contributed by atoms with Crippen LogP contribution in [0.4, 0.5) is 10.5 Å². The zero-order valence-corrected chi connectivity index (χ0v) is 19.5. The summed E-state index contributed by atoms with van der Waals surface area (Å²) in [6.07, 6.45) is 0.0664. The highest BCUT2D eigenvalue weighted by atomic mass is 16.6. The third kappa shape index (κ3) is 4.39. The van der Waals surface area contributed by atoms with E-state index in [1.54, 1.807) is 45.0 Å². The molecule has 0 amide bonds. The Labute approximate surface area is 200 Å². The largest absolute Gasteiger partial charge is 0.443 e. The molecule has 0 bridgehead atoms. The van der Waals surface area contributed by atoms with Gasteiger partial charge in [0.05, 0.1) is 22.3 Å². The maximum Gasteiger partial charge on any atom is 0.419 e. The molecule has 0 N–H and O–H groups in total. The van der Waals surface area contributed by atoms with Crippen LogP contribution in [0.2, 0.25) is 0 Å². The second kappa shape index (κ2) is 8.94. The van der Waals surface area contributed by atoms with Gasteiger partial charge in [0.15, 0.2) is 0 Å². The Morgan fingerprint density at radius 2 is 1.77 bits per heavy atom. The van der Waals surface area contributed by atoms with Crippen LogP contribution in [0.15, 0.2) is 48.5 Å². The second-order valence-electron chi connectivity index (χ2n) is 9.64. The molecule has 0 fully saturated rings. The molecule has 10 heteroatoms. The minimum atomic E-state index is -1.16. The van der Waals surface area contributed by atoms with E-state index >= 15 is 0 Å². The van der Waals surface area contributed by atoms with Crippen LogP contribution in [0.3, 0.4) is 0 Å². The molecule has 0 saturated heterocycles. The van der Waals surface area contributed by atoms with Crippen molar-refractivity contribution in [3.63, 3.8) is 0 Å². The van der Waals surface area contributed by atoms with Crippen molar-refractivity contribution in [3.05, 3.63) is 85.6 Å². The molecule has 1 aliphatic rings. The van der Waals surface area contributed by atoms with E-state index in [1.807, 2.05) is 0 Å². The van der Waals surface area contributed by atoms with Gasteiger partial charge in [0.2, 0.25) is 6.04 Å². The number of non-ortho nitro benzene ring substituents is 1. The summed E-state index contributed by atoms with van der Waals surface area (Å²) in [4.78, 5) is 47.5. The number of carbonyl (C=O) groups is 2. The van der Waals surface area contributed by atoms with E-state index in [4.69, 9.17) is 4.74 Å². The zero-order chi connectivity index (χ0) is 25.5. The summed E-state index contributed by atoms with van der Waals surface area (Å²) in [5, 5.41) is 24.1. The van der Waals surface area contributed by atoms with Gasteiger partial charge < -0.3 is 9.53 Å². The molecule has 1 aromatic heterocycles. The fourth-order valence-corrected chi connectivity index (χ4v) is 5.04. The number of fused-ring (bicyclic) bond motifs is 3.